The zero-order valence-corrected chi connectivity index (χ0v) is 21.0. The van der Waals surface area contributed by atoms with Gasteiger partial charge in [-0.1, -0.05) is 12.1 Å². The van der Waals surface area contributed by atoms with Crippen LogP contribution in [0.3, 0.4) is 0 Å². The number of piperazine rings is 1. The van der Waals surface area contributed by atoms with Gasteiger partial charge in [-0.05, 0) is 42.0 Å². The van der Waals surface area contributed by atoms with E-state index in [-0.39, 0.29) is 0 Å². The largest absolute Gasteiger partial charge is 0.465 e. The van der Waals surface area contributed by atoms with Crippen molar-refractivity contribution < 1.29 is 14.6 Å². The van der Waals surface area contributed by atoms with Crippen LogP contribution < -0.4 is 10.6 Å². The fourth-order valence-electron chi connectivity index (χ4n) is 5.05. The molecule has 4 aromatic rings. The Kier molecular flexibility index (Phi) is 6.52. The SMILES string of the molecule is Nc1ncccc1-c1nc2ccc(N3CCOCC3)nc2n1-c1ccc(CN2CCN(C(=O)O)CC2)cc1. The molecule has 3 aromatic heterocycles. The van der Waals surface area contributed by atoms with Gasteiger partial charge in [-0.2, -0.15) is 0 Å². The van der Waals surface area contributed by atoms with E-state index in [1.54, 1.807) is 6.20 Å². The van der Waals surface area contributed by atoms with Gasteiger partial charge in [0.15, 0.2) is 11.5 Å². The van der Waals surface area contributed by atoms with Gasteiger partial charge in [0, 0.05) is 57.7 Å². The number of nitrogens with zero attached hydrogens (tertiary/aromatic N) is 7. The predicted octanol–water partition coefficient (Wildman–Crippen LogP) is 2.70. The van der Waals surface area contributed by atoms with Gasteiger partial charge in [-0.25, -0.2) is 19.7 Å². The van der Waals surface area contributed by atoms with E-state index >= 15 is 0 Å². The zero-order chi connectivity index (χ0) is 26.1. The highest BCUT2D eigenvalue weighted by atomic mass is 16.5. The first kappa shape index (κ1) is 24.1. The maximum absolute atomic E-state index is 11.2. The number of fused-ring (bicyclic) bond motifs is 1. The summed E-state index contributed by atoms with van der Waals surface area (Å²) in [5.74, 6) is 1.99. The van der Waals surface area contributed by atoms with Crippen molar-refractivity contribution in [3.8, 4) is 17.1 Å². The van der Waals surface area contributed by atoms with Crippen LogP contribution in [-0.2, 0) is 11.3 Å². The van der Waals surface area contributed by atoms with Crippen molar-refractivity contribution in [1.82, 2.24) is 29.3 Å². The smallest absolute Gasteiger partial charge is 0.407 e. The molecular formula is C27H30N8O3. The molecule has 2 aliphatic rings. The number of pyridine rings is 2. The van der Waals surface area contributed by atoms with E-state index in [1.807, 2.05) is 28.8 Å². The molecule has 2 saturated heterocycles. The van der Waals surface area contributed by atoms with Gasteiger partial charge in [0.2, 0.25) is 0 Å². The number of rotatable bonds is 5. The predicted molar refractivity (Wildman–Crippen MR) is 144 cm³/mol. The molecule has 196 valence electrons. The Bertz CT molecular complexity index is 1440. The monoisotopic (exact) mass is 514 g/mol. The molecule has 6 rings (SSSR count). The number of ether oxygens (including phenoxy) is 1. The summed E-state index contributed by atoms with van der Waals surface area (Å²) in [5, 5.41) is 9.20. The number of benzene rings is 1. The maximum Gasteiger partial charge on any atom is 0.407 e. The van der Waals surface area contributed by atoms with Crippen molar-refractivity contribution in [2.75, 3.05) is 63.1 Å². The second-order valence-electron chi connectivity index (χ2n) is 9.53. The number of hydrogen-bond acceptors (Lipinski definition) is 8. The topological polar surface area (TPSA) is 126 Å². The fraction of sp³-hybridized carbons (Fsp3) is 0.333. The molecular weight excluding hydrogens is 484 g/mol. The van der Waals surface area contributed by atoms with Crippen LogP contribution in [-0.4, -0.2) is 93.0 Å². The Hall–Kier alpha value is -4.22. The quantitative estimate of drug-likeness (QED) is 0.413. The summed E-state index contributed by atoms with van der Waals surface area (Å²) in [6.07, 6.45) is 0.822. The first-order chi connectivity index (χ1) is 18.6. The molecule has 2 fully saturated rings. The molecule has 0 unspecified atom stereocenters. The highest BCUT2D eigenvalue weighted by Crippen LogP contribution is 2.31. The summed E-state index contributed by atoms with van der Waals surface area (Å²) in [4.78, 5) is 31.4. The lowest BCUT2D eigenvalue weighted by molar-refractivity contribution is 0.103. The number of anilines is 2. The van der Waals surface area contributed by atoms with Crippen molar-refractivity contribution in [2.45, 2.75) is 6.54 Å². The fourth-order valence-corrected chi connectivity index (χ4v) is 5.05. The normalized spacial score (nSPS) is 16.7. The lowest BCUT2D eigenvalue weighted by Gasteiger charge is -2.33. The molecule has 3 N–H and O–H groups in total. The number of aromatic nitrogens is 4. The molecule has 0 atom stereocenters. The maximum atomic E-state index is 11.2. The molecule has 1 aromatic carbocycles. The summed E-state index contributed by atoms with van der Waals surface area (Å²) in [5.41, 5.74) is 10.6. The second kappa shape index (κ2) is 10.3. The van der Waals surface area contributed by atoms with Crippen LogP contribution in [0.15, 0.2) is 54.7 Å². The van der Waals surface area contributed by atoms with Gasteiger partial charge < -0.3 is 25.4 Å². The van der Waals surface area contributed by atoms with E-state index in [0.717, 1.165) is 66.5 Å². The van der Waals surface area contributed by atoms with Crippen molar-refractivity contribution in [1.29, 1.82) is 0 Å². The number of hydrogen-bond donors (Lipinski definition) is 2. The first-order valence-electron chi connectivity index (χ1n) is 12.8. The minimum absolute atomic E-state index is 0.412. The molecule has 11 heteroatoms. The lowest BCUT2D eigenvalue weighted by Crippen LogP contribution is -2.47. The Balaban J connectivity index is 1.35. The third kappa shape index (κ3) is 4.73. The Labute approximate surface area is 220 Å². The van der Waals surface area contributed by atoms with Gasteiger partial charge in [0.05, 0.1) is 18.8 Å². The van der Waals surface area contributed by atoms with Crippen LogP contribution in [0.5, 0.6) is 0 Å². The Morgan fingerprint density at radius 1 is 0.947 bits per heavy atom. The molecule has 2 aliphatic heterocycles. The van der Waals surface area contributed by atoms with E-state index in [0.29, 0.717) is 37.9 Å². The van der Waals surface area contributed by atoms with Crippen LogP contribution in [0.1, 0.15) is 5.56 Å². The highest BCUT2D eigenvalue weighted by molar-refractivity contribution is 5.83. The molecule has 38 heavy (non-hydrogen) atoms. The van der Waals surface area contributed by atoms with Gasteiger partial charge >= 0.3 is 6.09 Å². The van der Waals surface area contributed by atoms with Crippen molar-refractivity contribution in [3.05, 3.63) is 60.3 Å². The first-order valence-corrected chi connectivity index (χ1v) is 12.8. The number of carbonyl (C=O) groups is 1. The molecule has 0 radical (unpaired) electrons. The van der Waals surface area contributed by atoms with Crippen LogP contribution >= 0.6 is 0 Å². The van der Waals surface area contributed by atoms with E-state index in [9.17, 15) is 9.90 Å². The van der Waals surface area contributed by atoms with Crippen LogP contribution in [0, 0.1) is 0 Å². The lowest BCUT2D eigenvalue weighted by atomic mass is 10.1. The van der Waals surface area contributed by atoms with Gasteiger partial charge in [-0.3, -0.25) is 9.47 Å². The minimum Gasteiger partial charge on any atom is -0.465 e. The second-order valence-corrected chi connectivity index (χ2v) is 9.53. The highest BCUT2D eigenvalue weighted by Gasteiger charge is 2.22. The number of carboxylic acid groups (broad SMARTS) is 1. The summed E-state index contributed by atoms with van der Waals surface area (Å²) in [7, 11) is 0. The Morgan fingerprint density at radius 2 is 1.71 bits per heavy atom. The van der Waals surface area contributed by atoms with Gasteiger partial charge in [0.25, 0.3) is 0 Å². The third-order valence-electron chi connectivity index (χ3n) is 7.15. The molecule has 0 spiro atoms. The minimum atomic E-state index is -0.850. The van der Waals surface area contributed by atoms with Crippen LogP contribution in [0.2, 0.25) is 0 Å². The third-order valence-corrected chi connectivity index (χ3v) is 7.15. The van der Waals surface area contributed by atoms with Crippen LogP contribution in [0.4, 0.5) is 16.4 Å². The molecule has 0 saturated carbocycles. The zero-order valence-electron chi connectivity index (χ0n) is 21.0. The number of nitrogen functional groups attached to an aromatic ring is 1. The van der Waals surface area contributed by atoms with E-state index in [4.69, 9.17) is 20.4 Å². The van der Waals surface area contributed by atoms with Gasteiger partial charge in [0.1, 0.15) is 17.2 Å². The van der Waals surface area contributed by atoms with E-state index in [2.05, 4.69) is 39.0 Å². The molecule has 11 nitrogen and oxygen atoms in total. The summed E-state index contributed by atoms with van der Waals surface area (Å²) < 4.78 is 7.56. The van der Waals surface area contributed by atoms with Crippen molar-refractivity contribution >= 4 is 28.9 Å². The van der Waals surface area contributed by atoms with E-state index < -0.39 is 6.09 Å². The average Bonchev–Trinajstić information content (AvgIpc) is 3.33. The summed E-state index contributed by atoms with van der Waals surface area (Å²) >= 11 is 0. The number of nitrogens with two attached hydrogens (primary N) is 1. The van der Waals surface area contributed by atoms with Crippen LogP contribution in [0.25, 0.3) is 28.2 Å². The van der Waals surface area contributed by atoms with Crippen molar-refractivity contribution in [3.63, 3.8) is 0 Å². The van der Waals surface area contributed by atoms with Gasteiger partial charge in [-0.15, -0.1) is 0 Å². The number of amides is 1. The average molecular weight is 515 g/mol. The number of imidazole rings is 1. The standard InChI is InChI=1S/C27H30N8O3/c28-24-21(2-1-9-29-24)25-30-22-7-8-23(33-14-16-38-17-15-33)31-26(22)35(25)20-5-3-19(4-6-20)18-32-10-12-34(13-11-32)27(36)37/h1-9H,10-18H2,(H2,28,29)(H,36,37). The molecule has 0 bridgehead atoms. The Morgan fingerprint density at radius 3 is 2.42 bits per heavy atom. The van der Waals surface area contributed by atoms with Crippen molar-refractivity contribution in [2.24, 2.45) is 0 Å². The van der Waals surface area contributed by atoms with E-state index in [1.165, 1.54) is 4.90 Å². The molecule has 5 heterocycles. The number of morpholine rings is 1. The summed E-state index contributed by atoms with van der Waals surface area (Å²) in [6, 6.07) is 16.1. The molecule has 1 amide bonds. The summed E-state index contributed by atoms with van der Waals surface area (Å²) in [6.45, 7) is 6.22. The molecule has 0 aliphatic carbocycles.